The van der Waals surface area contributed by atoms with Crippen molar-refractivity contribution in [1.29, 1.82) is 0 Å². The highest BCUT2D eigenvalue weighted by molar-refractivity contribution is 9.10. The third kappa shape index (κ3) is 3.17. The van der Waals surface area contributed by atoms with Gasteiger partial charge in [-0.05, 0) is 46.6 Å². The van der Waals surface area contributed by atoms with Crippen LogP contribution >= 0.6 is 38.9 Å². The molecule has 1 N–H and O–H groups in total. The highest BCUT2D eigenvalue weighted by Crippen LogP contribution is 2.30. The summed E-state index contributed by atoms with van der Waals surface area (Å²) < 4.78 is 0.693. The van der Waals surface area contributed by atoms with Crippen LogP contribution in [0.15, 0.2) is 28.7 Å². The molecule has 0 atom stereocenters. The quantitative estimate of drug-likeness (QED) is 0.628. The second-order valence-corrected chi connectivity index (χ2v) is 6.25. The van der Waals surface area contributed by atoms with Crippen LogP contribution in [-0.4, -0.2) is 10.8 Å². The van der Waals surface area contributed by atoms with E-state index in [1.165, 1.54) is 12.1 Å². The molecule has 1 heterocycles. The monoisotopic (exact) mass is 374 g/mol. The molecule has 2 rings (SSSR count). The van der Waals surface area contributed by atoms with Gasteiger partial charge in [0.05, 0.1) is 15.5 Å². The first-order valence-corrected chi connectivity index (χ1v) is 7.38. The molecule has 0 unspecified atom stereocenters. The molecule has 0 fully saturated rings. The SMILES string of the molecule is Cc1cc(Br)c(NC(=O)c2ccc([N+](=O)[O-])s2)cc1Cl. The summed E-state index contributed by atoms with van der Waals surface area (Å²) >= 11 is 10.2. The van der Waals surface area contributed by atoms with Crippen LogP contribution in [0.2, 0.25) is 5.02 Å². The predicted octanol–water partition coefficient (Wildman–Crippen LogP) is 4.63. The summed E-state index contributed by atoms with van der Waals surface area (Å²) in [6, 6.07) is 6.13. The van der Waals surface area contributed by atoms with E-state index in [1.807, 2.05) is 6.92 Å². The van der Waals surface area contributed by atoms with Gasteiger partial charge in [-0.2, -0.15) is 0 Å². The number of nitrogens with one attached hydrogen (secondary N) is 1. The van der Waals surface area contributed by atoms with Crippen LogP contribution in [0.4, 0.5) is 10.7 Å². The van der Waals surface area contributed by atoms with E-state index in [0.717, 1.165) is 16.9 Å². The zero-order valence-corrected chi connectivity index (χ0v) is 13.3. The minimum atomic E-state index is -0.528. The minimum Gasteiger partial charge on any atom is -0.320 e. The van der Waals surface area contributed by atoms with Gasteiger partial charge in [-0.15, -0.1) is 0 Å². The van der Waals surface area contributed by atoms with Crippen molar-refractivity contribution < 1.29 is 9.72 Å². The van der Waals surface area contributed by atoms with Crippen LogP contribution in [0.5, 0.6) is 0 Å². The molecule has 8 heteroatoms. The van der Waals surface area contributed by atoms with E-state index < -0.39 is 10.8 Å². The summed E-state index contributed by atoms with van der Waals surface area (Å²) in [5.74, 6) is -0.413. The number of thiophene rings is 1. The molecule has 2 aromatic rings. The molecule has 0 saturated carbocycles. The standard InChI is InChI=1S/C12H8BrClN2O3S/c1-6-4-7(13)9(5-8(6)14)15-12(17)10-2-3-11(20-10)16(18)19/h2-5H,1H3,(H,15,17). The number of carbonyl (C=O) groups is 1. The fourth-order valence-electron chi connectivity index (χ4n) is 1.47. The number of anilines is 1. The van der Waals surface area contributed by atoms with Crippen LogP contribution < -0.4 is 5.32 Å². The van der Waals surface area contributed by atoms with E-state index >= 15 is 0 Å². The van der Waals surface area contributed by atoms with E-state index in [2.05, 4.69) is 21.2 Å². The van der Waals surface area contributed by atoms with Gasteiger partial charge in [-0.3, -0.25) is 14.9 Å². The highest BCUT2D eigenvalue weighted by atomic mass is 79.9. The van der Waals surface area contributed by atoms with E-state index in [9.17, 15) is 14.9 Å². The van der Waals surface area contributed by atoms with E-state index in [-0.39, 0.29) is 9.88 Å². The van der Waals surface area contributed by atoms with Gasteiger partial charge < -0.3 is 5.32 Å². The van der Waals surface area contributed by atoms with Crippen molar-refractivity contribution in [3.63, 3.8) is 0 Å². The van der Waals surface area contributed by atoms with Crippen LogP contribution in [0.25, 0.3) is 0 Å². The predicted molar refractivity (Wildman–Crippen MR) is 82.8 cm³/mol. The van der Waals surface area contributed by atoms with Crippen molar-refractivity contribution in [2.45, 2.75) is 6.92 Å². The Morgan fingerprint density at radius 1 is 1.45 bits per heavy atom. The maximum atomic E-state index is 12.0. The summed E-state index contributed by atoms with van der Waals surface area (Å²) in [6.07, 6.45) is 0. The molecule has 0 saturated heterocycles. The van der Waals surface area contributed by atoms with Gasteiger partial charge in [0, 0.05) is 15.6 Å². The Balaban J connectivity index is 2.23. The Bertz CT molecular complexity index is 702. The highest BCUT2D eigenvalue weighted by Gasteiger charge is 2.16. The Labute approximate surface area is 131 Å². The second kappa shape index (κ2) is 5.90. The van der Waals surface area contributed by atoms with Crippen LogP contribution in [0.3, 0.4) is 0 Å². The zero-order chi connectivity index (χ0) is 14.9. The number of amides is 1. The lowest BCUT2D eigenvalue weighted by molar-refractivity contribution is -0.380. The average molecular weight is 376 g/mol. The molecule has 104 valence electrons. The maximum absolute atomic E-state index is 12.0. The van der Waals surface area contributed by atoms with Gasteiger partial charge in [0.15, 0.2) is 0 Å². The number of carbonyl (C=O) groups excluding carboxylic acids is 1. The summed E-state index contributed by atoms with van der Waals surface area (Å²) in [7, 11) is 0. The molecule has 1 aromatic heterocycles. The lowest BCUT2D eigenvalue weighted by Gasteiger charge is -2.08. The van der Waals surface area contributed by atoms with Gasteiger partial charge in [0.2, 0.25) is 0 Å². The second-order valence-electron chi connectivity index (χ2n) is 3.93. The summed E-state index contributed by atoms with van der Waals surface area (Å²) in [6.45, 7) is 1.85. The first-order valence-electron chi connectivity index (χ1n) is 5.39. The molecule has 0 radical (unpaired) electrons. The number of nitrogens with zero attached hydrogens (tertiary/aromatic N) is 1. The van der Waals surface area contributed by atoms with Crippen molar-refractivity contribution in [2.75, 3.05) is 5.32 Å². The Hall–Kier alpha value is -1.44. The molecule has 0 aliphatic carbocycles. The molecule has 0 spiro atoms. The summed E-state index contributed by atoms with van der Waals surface area (Å²) in [4.78, 5) is 22.3. The minimum absolute atomic E-state index is 0.0730. The molecule has 0 bridgehead atoms. The molecule has 5 nitrogen and oxygen atoms in total. The van der Waals surface area contributed by atoms with Crippen molar-refractivity contribution >= 4 is 55.5 Å². The molecule has 0 aliphatic rings. The van der Waals surface area contributed by atoms with Gasteiger partial charge in [0.25, 0.3) is 5.91 Å². The molecule has 20 heavy (non-hydrogen) atoms. The number of benzene rings is 1. The lowest BCUT2D eigenvalue weighted by atomic mass is 10.2. The molecule has 1 aromatic carbocycles. The van der Waals surface area contributed by atoms with Crippen LogP contribution in [-0.2, 0) is 0 Å². The van der Waals surface area contributed by atoms with E-state index in [1.54, 1.807) is 12.1 Å². The number of halogens is 2. The Kier molecular flexibility index (Phi) is 4.42. The number of aryl methyl sites for hydroxylation is 1. The van der Waals surface area contributed by atoms with Crippen molar-refractivity contribution in [1.82, 2.24) is 0 Å². The van der Waals surface area contributed by atoms with Crippen molar-refractivity contribution in [2.24, 2.45) is 0 Å². The lowest BCUT2D eigenvalue weighted by Crippen LogP contribution is -2.10. The van der Waals surface area contributed by atoms with Crippen molar-refractivity contribution in [3.05, 3.63) is 54.3 Å². The maximum Gasteiger partial charge on any atom is 0.324 e. The Morgan fingerprint density at radius 2 is 2.15 bits per heavy atom. The van der Waals surface area contributed by atoms with Gasteiger partial charge in [-0.25, -0.2) is 0 Å². The number of hydrogen-bond donors (Lipinski definition) is 1. The average Bonchev–Trinajstić information content (AvgIpc) is 2.85. The first-order chi connectivity index (χ1) is 9.38. The van der Waals surface area contributed by atoms with Gasteiger partial charge in [-0.1, -0.05) is 22.9 Å². The fourth-order valence-corrected chi connectivity index (χ4v) is 2.91. The number of hydrogen-bond acceptors (Lipinski definition) is 4. The van der Waals surface area contributed by atoms with Crippen molar-refractivity contribution in [3.8, 4) is 0 Å². The molecular formula is C12H8BrClN2O3S. The third-order valence-corrected chi connectivity index (χ3v) is 4.59. The van der Waals surface area contributed by atoms with Crippen LogP contribution in [0.1, 0.15) is 15.2 Å². The van der Waals surface area contributed by atoms with E-state index in [4.69, 9.17) is 11.6 Å². The summed E-state index contributed by atoms with van der Waals surface area (Å²) in [5, 5.41) is 13.7. The zero-order valence-electron chi connectivity index (χ0n) is 10.1. The normalized spacial score (nSPS) is 10.3. The number of rotatable bonds is 3. The molecular weight excluding hydrogens is 368 g/mol. The van der Waals surface area contributed by atoms with Crippen LogP contribution in [0, 0.1) is 17.0 Å². The van der Waals surface area contributed by atoms with Gasteiger partial charge >= 0.3 is 5.00 Å². The summed E-state index contributed by atoms with van der Waals surface area (Å²) in [5.41, 5.74) is 1.39. The number of nitro groups is 1. The molecule has 0 aliphatic heterocycles. The largest absolute Gasteiger partial charge is 0.324 e. The molecule has 1 amide bonds. The van der Waals surface area contributed by atoms with E-state index in [0.29, 0.717) is 15.2 Å². The fraction of sp³-hybridized carbons (Fsp3) is 0.0833. The third-order valence-electron chi connectivity index (χ3n) is 2.49. The smallest absolute Gasteiger partial charge is 0.320 e. The Morgan fingerprint density at radius 3 is 2.75 bits per heavy atom. The van der Waals surface area contributed by atoms with Gasteiger partial charge in [0.1, 0.15) is 0 Å². The topological polar surface area (TPSA) is 72.2 Å². The first kappa shape index (κ1) is 15.0.